The number of benzene rings is 1. The van der Waals surface area contributed by atoms with E-state index in [1.54, 1.807) is 14.2 Å². The van der Waals surface area contributed by atoms with E-state index in [2.05, 4.69) is 10.2 Å². The summed E-state index contributed by atoms with van der Waals surface area (Å²) >= 11 is 1.45. The van der Waals surface area contributed by atoms with Gasteiger partial charge in [0.15, 0.2) is 11.5 Å². The van der Waals surface area contributed by atoms with Gasteiger partial charge in [0, 0.05) is 32.0 Å². The number of amides is 1. The van der Waals surface area contributed by atoms with Crippen LogP contribution in [0.5, 0.6) is 11.5 Å². The van der Waals surface area contributed by atoms with Crippen LogP contribution in [0.15, 0.2) is 54.2 Å². The third-order valence-corrected chi connectivity index (χ3v) is 6.37. The molecule has 1 amide bonds. The monoisotopic (exact) mass is 441 g/mol. The molecule has 31 heavy (non-hydrogen) atoms. The average Bonchev–Trinajstić information content (AvgIpc) is 3.51. The molecular formula is C23H27N3O4S. The SMILES string of the molecule is COc1ccc(C(CNC(=O)c2sccc2-n2cccc2)N2CCOCC2)cc1OC. The Kier molecular flexibility index (Phi) is 6.91. The number of nitrogens with one attached hydrogen (secondary N) is 1. The van der Waals surface area contributed by atoms with Crippen molar-refractivity contribution in [2.24, 2.45) is 0 Å². The van der Waals surface area contributed by atoms with E-state index in [-0.39, 0.29) is 11.9 Å². The molecule has 1 N–H and O–H groups in total. The summed E-state index contributed by atoms with van der Waals surface area (Å²) in [5, 5.41) is 5.10. The van der Waals surface area contributed by atoms with Crippen LogP contribution >= 0.6 is 11.3 Å². The Morgan fingerprint density at radius 3 is 2.58 bits per heavy atom. The van der Waals surface area contributed by atoms with Crippen LogP contribution in [0, 0.1) is 0 Å². The molecule has 164 valence electrons. The third-order valence-electron chi connectivity index (χ3n) is 5.47. The van der Waals surface area contributed by atoms with E-state index >= 15 is 0 Å². The average molecular weight is 442 g/mol. The van der Waals surface area contributed by atoms with Gasteiger partial charge in [-0.05, 0) is 41.3 Å². The largest absolute Gasteiger partial charge is 0.493 e. The van der Waals surface area contributed by atoms with Gasteiger partial charge in [0.25, 0.3) is 5.91 Å². The molecule has 2 aromatic heterocycles. The zero-order valence-corrected chi connectivity index (χ0v) is 18.6. The zero-order valence-electron chi connectivity index (χ0n) is 17.7. The molecule has 3 heterocycles. The fourth-order valence-corrected chi connectivity index (χ4v) is 4.65. The number of nitrogens with zero attached hydrogens (tertiary/aromatic N) is 2. The van der Waals surface area contributed by atoms with Crippen LogP contribution in [0.4, 0.5) is 0 Å². The molecule has 0 aliphatic carbocycles. The highest BCUT2D eigenvalue weighted by Gasteiger charge is 2.25. The molecule has 0 bridgehead atoms. The lowest BCUT2D eigenvalue weighted by Crippen LogP contribution is -2.43. The third kappa shape index (κ3) is 4.76. The Balaban J connectivity index is 1.55. The number of hydrogen-bond donors (Lipinski definition) is 1. The molecule has 1 aromatic carbocycles. The number of ether oxygens (including phenoxy) is 3. The predicted molar refractivity (Wildman–Crippen MR) is 121 cm³/mol. The van der Waals surface area contributed by atoms with Gasteiger partial charge in [-0.25, -0.2) is 0 Å². The number of carbonyl (C=O) groups excluding carboxylic acids is 1. The minimum Gasteiger partial charge on any atom is -0.493 e. The lowest BCUT2D eigenvalue weighted by Gasteiger charge is -2.35. The summed E-state index contributed by atoms with van der Waals surface area (Å²) in [6, 6.07) is 11.8. The highest BCUT2D eigenvalue weighted by molar-refractivity contribution is 7.12. The number of hydrogen-bond acceptors (Lipinski definition) is 6. The smallest absolute Gasteiger partial charge is 0.263 e. The number of morpholine rings is 1. The minimum absolute atomic E-state index is 0.00245. The molecule has 8 heteroatoms. The first-order chi connectivity index (χ1) is 15.2. The van der Waals surface area contributed by atoms with Gasteiger partial charge in [-0.3, -0.25) is 9.69 Å². The van der Waals surface area contributed by atoms with Crippen molar-refractivity contribution in [2.45, 2.75) is 6.04 Å². The van der Waals surface area contributed by atoms with Gasteiger partial charge in [0.2, 0.25) is 0 Å². The first-order valence-electron chi connectivity index (χ1n) is 10.2. The number of rotatable bonds is 8. The van der Waals surface area contributed by atoms with Gasteiger partial charge in [-0.15, -0.1) is 11.3 Å². The Morgan fingerprint density at radius 2 is 1.87 bits per heavy atom. The molecule has 0 spiro atoms. The Hall–Kier alpha value is -2.81. The van der Waals surface area contributed by atoms with E-state index in [1.165, 1.54) is 11.3 Å². The first-order valence-corrected chi connectivity index (χ1v) is 11.1. The standard InChI is InChI=1S/C23H27N3O4S/c1-28-20-6-5-17(15-21(20)29-2)19(26-10-12-30-13-11-26)16-24-23(27)22-18(7-14-31-22)25-8-3-4-9-25/h3-9,14-15,19H,10-13,16H2,1-2H3,(H,24,27). The van der Waals surface area contributed by atoms with Crippen molar-refractivity contribution in [3.8, 4) is 17.2 Å². The molecule has 7 nitrogen and oxygen atoms in total. The van der Waals surface area contributed by atoms with Crippen molar-refractivity contribution >= 4 is 17.2 Å². The van der Waals surface area contributed by atoms with Crippen molar-refractivity contribution in [2.75, 3.05) is 47.1 Å². The zero-order chi connectivity index (χ0) is 21.6. The molecule has 1 atom stereocenters. The van der Waals surface area contributed by atoms with E-state index in [4.69, 9.17) is 14.2 Å². The molecule has 0 saturated carbocycles. The lowest BCUT2D eigenvalue weighted by molar-refractivity contribution is 0.0162. The van der Waals surface area contributed by atoms with Gasteiger partial charge in [-0.1, -0.05) is 6.07 Å². The molecule has 3 aromatic rings. The second-order valence-corrected chi connectivity index (χ2v) is 8.13. The Bertz CT molecular complexity index is 996. The van der Waals surface area contributed by atoms with Crippen LogP contribution in [0.25, 0.3) is 5.69 Å². The van der Waals surface area contributed by atoms with Gasteiger partial charge in [0.1, 0.15) is 4.88 Å². The van der Waals surface area contributed by atoms with E-state index < -0.39 is 0 Å². The van der Waals surface area contributed by atoms with Crippen molar-refractivity contribution in [1.29, 1.82) is 0 Å². The summed E-state index contributed by atoms with van der Waals surface area (Å²) < 4.78 is 18.4. The van der Waals surface area contributed by atoms with Crippen LogP contribution in [0.1, 0.15) is 21.3 Å². The molecular weight excluding hydrogens is 414 g/mol. The first kappa shape index (κ1) is 21.4. The maximum atomic E-state index is 13.1. The van der Waals surface area contributed by atoms with Crippen LogP contribution < -0.4 is 14.8 Å². The maximum absolute atomic E-state index is 13.1. The van der Waals surface area contributed by atoms with Gasteiger partial charge in [-0.2, -0.15) is 0 Å². The van der Waals surface area contributed by atoms with Crippen molar-refractivity contribution < 1.29 is 19.0 Å². The minimum atomic E-state index is -0.0718. The molecule has 4 rings (SSSR count). The van der Waals surface area contributed by atoms with E-state index in [0.717, 1.165) is 24.3 Å². The molecule has 1 aliphatic rings. The quantitative estimate of drug-likeness (QED) is 0.581. The lowest BCUT2D eigenvalue weighted by atomic mass is 10.0. The topological polar surface area (TPSA) is 65.0 Å². The molecule has 0 radical (unpaired) electrons. The molecule has 1 saturated heterocycles. The van der Waals surface area contributed by atoms with Gasteiger partial charge >= 0.3 is 0 Å². The van der Waals surface area contributed by atoms with Crippen molar-refractivity contribution in [1.82, 2.24) is 14.8 Å². The Morgan fingerprint density at radius 1 is 1.13 bits per heavy atom. The summed E-state index contributed by atoms with van der Waals surface area (Å²) in [5.41, 5.74) is 1.96. The van der Waals surface area contributed by atoms with Crippen LogP contribution in [0.3, 0.4) is 0 Å². The fraction of sp³-hybridized carbons (Fsp3) is 0.348. The number of thiophene rings is 1. The summed E-state index contributed by atoms with van der Waals surface area (Å²) in [7, 11) is 3.26. The van der Waals surface area contributed by atoms with E-state index in [0.29, 0.717) is 36.1 Å². The molecule has 1 fully saturated rings. The maximum Gasteiger partial charge on any atom is 0.263 e. The van der Waals surface area contributed by atoms with Crippen molar-refractivity contribution in [3.05, 3.63) is 64.6 Å². The second kappa shape index (κ2) is 10.00. The highest BCUT2D eigenvalue weighted by Crippen LogP contribution is 2.32. The number of methoxy groups -OCH3 is 2. The predicted octanol–water partition coefficient (Wildman–Crippen LogP) is 3.36. The molecule has 1 unspecified atom stereocenters. The summed E-state index contributed by atoms with van der Waals surface area (Å²) in [5.74, 6) is 1.29. The van der Waals surface area contributed by atoms with Crippen LogP contribution in [-0.2, 0) is 4.74 Å². The summed E-state index contributed by atoms with van der Waals surface area (Å²) in [6.07, 6.45) is 3.89. The second-order valence-electron chi connectivity index (χ2n) is 7.21. The summed E-state index contributed by atoms with van der Waals surface area (Å²) in [4.78, 5) is 16.1. The summed E-state index contributed by atoms with van der Waals surface area (Å²) in [6.45, 7) is 3.46. The number of aromatic nitrogens is 1. The van der Waals surface area contributed by atoms with E-state index in [1.807, 2.05) is 58.7 Å². The van der Waals surface area contributed by atoms with E-state index in [9.17, 15) is 4.79 Å². The normalized spacial score (nSPS) is 15.4. The molecule has 1 aliphatic heterocycles. The highest BCUT2D eigenvalue weighted by atomic mass is 32.1. The van der Waals surface area contributed by atoms with Gasteiger partial charge in [0.05, 0.1) is 39.2 Å². The fourth-order valence-electron chi connectivity index (χ4n) is 3.85. The van der Waals surface area contributed by atoms with Crippen molar-refractivity contribution in [3.63, 3.8) is 0 Å². The Labute approximate surface area is 186 Å². The number of carbonyl (C=O) groups is 1. The van der Waals surface area contributed by atoms with Crippen LogP contribution in [0.2, 0.25) is 0 Å². The van der Waals surface area contributed by atoms with Gasteiger partial charge < -0.3 is 24.1 Å². The van der Waals surface area contributed by atoms with Crippen LogP contribution in [-0.4, -0.2) is 62.4 Å².